The first-order valence-corrected chi connectivity index (χ1v) is 10.1. The zero-order valence-corrected chi connectivity index (χ0v) is 18.7. The highest BCUT2D eigenvalue weighted by Gasteiger charge is 2.16. The van der Waals surface area contributed by atoms with Gasteiger partial charge in [0, 0.05) is 15.8 Å². The molecule has 3 amide bonds. The van der Waals surface area contributed by atoms with Gasteiger partial charge in [-0.1, -0.05) is 24.3 Å². The SMILES string of the molecule is CC(C)(C)OC(=O)NCC(=O)Nc1ccc(CNC(=O)c2ccccc2I)cc1. The highest BCUT2D eigenvalue weighted by molar-refractivity contribution is 14.1. The Bertz CT molecular complexity index is 876. The Morgan fingerprint density at radius 2 is 1.62 bits per heavy atom. The van der Waals surface area contributed by atoms with E-state index in [0.717, 1.165) is 9.13 Å². The van der Waals surface area contributed by atoms with Gasteiger partial charge >= 0.3 is 6.09 Å². The van der Waals surface area contributed by atoms with E-state index in [0.29, 0.717) is 17.8 Å². The Labute approximate surface area is 183 Å². The van der Waals surface area contributed by atoms with Crippen LogP contribution in [0.5, 0.6) is 0 Å². The van der Waals surface area contributed by atoms with E-state index in [2.05, 4.69) is 38.5 Å². The van der Waals surface area contributed by atoms with Crippen molar-refractivity contribution in [2.45, 2.75) is 32.9 Å². The zero-order chi connectivity index (χ0) is 21.4. The Morgan fingerprint density at radius 1 is 0.966 bits per heavy atom. The fourth-order valence-corrected chi connectivity index (χ4v) is 2.93. The third-order valence-electron chi connectivity index (χ3n) is 3.60. The van der Waals surface area contributed by atoms with E-state index in [-0.39, 0.29) is 18.4 Å². The van der Waals surface area contributed by atoms with Crippen molar-refractivity contribution < 1.29 is 19.1 Å². The first-order chi connectivity index (χ1) is 13.6. The number of hydrogen-bond donors (Lipinski definition) is 3. The van der Waals surface area contributed by atoms with Gasteiger partial charge in [0.1, 0.15) is 12.1 Å². The molecule has 0 atom stereocenters. The van der Waals surface area contributed by atoms with Crippen LogP contribution in [0.3, 0.4) is 0 Å². The summed E-state index contributed by atoms with van der Waals surface area (Å²) in [5.41, 5.74) is 1.50. The van der Waals surface area contributed by atoms with Gasteiger partial charge in [-0.2, -0.15) is 0 Å². The zero-order valence-electron chi connectivity index (χ0n) is 16.5. The Hall–Kier alpha value is -2.62. The Balaban J connectivity index is 1.79. The van der Waals surface area contributed by atoms with Gasteiger partial charge in [-0.3, -0.25) is 9.59 Å². The van der Waals surface area contributed by atoms with E-state index in [1.807, 2.05) is 30.3 Å². The molecule has 0 spiro atoms. The summed E-state index contributed by atoms with van der Waals surface area (Å²) in [5, 5.41) is 7.97. The Morgan fingerprint density at radius 3 is 2.24 bits per heavy atom. The lowest BCUT2D eigenvalue weighted by Crippen LogP contribution is -2.37. The third-order valence-corrected chi connectivity index (χ3v) is 4.54. The summed E-state index contributed by atoms with van der Waals surface area (Å²) in [4.78, 5) is 35.7. The Kier molecular flexibility index (Phi) is 8.00. The molecule has 2 rings (SSSR count). The van der Waals surface area contributed by atoms with Crippen molar-refractivity contribution in [2.75, 3.05) is 11.9 Å². The summed E-state index contributed by atoms with van der Waals surface area (Å²) >= 11 is 2.13. The average molecular weight is 509 g/mol. The molecule has 29 heavy (non-hydrogen) atoms. The lowest BCUT2D eigenvalue weighted by molar-refractivity contribution is -0.115. The third kappa shape index (κ3) is 8.10. The van der Waals surface area contributed by atoms with Gasteiger partial charge in [0.05, 0.1) is 5.56 Å². The smallest absolute Gasteiger partial charge is 0.408 e. The second-order valence-corrected chi connectivity index (χ2v) is 8.43. The molecule has 0 aromatic heterocycles. The van der Waals surface area contributed by atoms with Gasteiger partial charge in [-0.05, 0) is 73.2 Å². The number of hydrogen-bond acceptors (Lipinski definition) is 4. The molecule has 2 aromatic carbocycles. The molecule has 0 unspecified atom stereocenters. The van der Waals surface area contributed by atoms with E-state index < -0.39 is 11.7 Å². The van der Waals surface area contributed by atoms with Crippen LogP contribution in [0.1, 0.15) is 36.7 Å². The summed E-state index contributed by atoms with van der Waals surface area (Å²) in [6.07, 6.45) is -0.646. The maximum atomic E-state index is 12.2. The average Bonchev–Trinajstić information content (AvgIpc) is 2.64. The monoisotopic (exact) mass is 509 g/mol. The molecular weight excluding hydrogens is 485 g/mol. The van der Waals surface area contributed by atoms with Gasteiger partial charge < -0.3 is 20.7 Å². The number of benzene rings is 2. The van der Waals surface area contributed by atoms with Crippen molar-refractivity contribution in [3.05, 3.63) is 63.2 Å². The number of alkyl carbamates (subject to hydrolysis) is 1. The normalized spacial score (nSPS) is 10.8. The van der Waals surface area contributed by atoms with Crippen LogP contribution in [-0.4, -0.2) is 30.1 Å². The molecule has 3 N–H and O–H groups in total. The summed E-state index contributed by atoms with van der Waals surface area (Å²) < 4.78 is 5.96. The van der Waals surface area contributed by atoms with Crippen molar-refractivity contribution >= 4 is 46.2 Å². The highest BCUT2D eigenvalue weighted by Crippen LogP contribution is 2.13. The molecular formula is C21H24IN3O4. The van der Waals surface area contributed by atoms with Crippen LogP contribution in [-0.2, 0) is 16.1 Å². The fraction of sp³-hybridized carbons (Fsp3) is 0.286. The van der Waals surface area contributed by atoms with Crippen LogP contribution in [0.15, 0.2) is 48.5 Å². The number of carbonyl (C=O) groups excluding carboxylic acids is 3. The predicted molar refractivity (Wildman–Crippen MR) is 120 cm³/mol. The number of halogens is 1. The van der Waals surface area contributed by atoms with Crippen LogP contribution >= 0.6 is 22.6 Å². The highest BCUT2D eigenvalue weighted by atomic mass is 127. The first-order valence-electron chi connectivity index (χ1n) is 9.02. The first kappa shape index (κ1) is 22.7. The van der Waals surface area contributed by atoms with Crippen LogP contribution in [0, 0.1) is 3.57 Å². The van der Waals surface area contributed by atoms with Crippen molar-refractivity contribution in [1.29, 1.82) is 0 Å². The van der Waals surface area contributed by atoms with E-state index >= 15 is 0 Å². The van der Waals surface area contributed by atoms with Crippen LogP contribution in [0.2, 0.25) is 0 Å². The molecule has 0 fully saturated rings. The summed E-state index contributed by atoms with van der Waals surface area (Å²) in [5.74, 6) is -0.504. The second kappa shape index (κ2) is 10.2. The fourth-order valence-electron chi connectivity index (χ4n) is 2.30. The number of ether oxygens (including phenoxy) is 1. The minimum Gasteiger partial charge on any atom is -0.444 e. The summed E-state index contributed by atoms with van der Waals surface area (Å²) in [7, 11) is 0. The molecule has 0 radical (unpaired) electrons. The van der Waals surface area contributed by atoms with Gasteiger partial charge in [-0.15, -0.1) is 0 Å². The lowest BCUT2D eigenvalue weighted by atomic mass is 10.2. The maximum absolute atomic E-state index is 12.2. The van der Waals surface area contributed by atoms with E-state index in [1.54, 1.807) is 39.0 Å². The minimum absolute atomic E-state index is 0.138. The molecule has 8 heteroatoms. The van der Waals surface area contributed by atoms with Crippen LogP contribution in [0.25, 0.3) is 0 Å². The maximum Gasteiger partial charge on any atom is 0.408 e. The number of amides is 3. The standard InChI is InChI=1S/C21H24IN3O4/c1-21(2,3)29-20(28)24-13-18(26)25-15-10-8-14(9-11-15)12-23-19(27)16-6-4-5-7-17(16)22/h4-11H,12-13H2,1-3H3,(H,23,27)(H,24,28)(H,25,26). The number of nitrogens with one attached hydrogen (secondary N) is 3. The molecule has 0 saturated carbocycles. The number of rotatable bonds is 6. The molecule has 0 aliphatic rings. The van der Waals surface area contributed by atoms with Crippen molar-refractivity contribution in [3.8, 4) is 0 Å². The van der Waals surface area contributed by atoms with Gasteiger partial charge in [0.25, 0.3) is 5.91 Å². The van der Waals surface area contributed by atoms with Crippen molar-refractivity contribution in [3.63, 3.8) is 0 Å². The van der Waals surface area contributed by atoms with Gasteiger partial charge in [0.15, 0.2) is 0 Å². The molecule has 7 nitrogen and oxygen atoms in total. The lowest BCUT2D eigenvalue weighted by Gasteiger charge is -2.19. The minimum atomic E-state index is -0.646. The summed E-state index contributed by atoms with van der Waals surface area (Å²) in [6.45, 7) is 5.42. The van der Waals surface area contributed by atoms with Crippen molar-refractivity contribution in [2.24, 2.45) is 0 Å². The van der Waals surface area contributed by atoms with Crippen LogP contribution in [0.4, 0.5) is 10.5 Å². The van der Waals surface area contributed by atoms with E-state index in [1.165, 1.54) is 0 Å². The summed E-state index contributed by atoms with van der Waals surface area (Å²) in [6, 6.07) is 14.5. The molecule has 0 bridgehead atoms. The van der Waals surface area contributed by atoms with Crippen molar-refractivity contribution in [1.82, 2.24) is 10.6 Å². The predicted octanol–water partition coefficient (Wildman–Crippen LogP) is 3.68. The van der Waals surface area contributed by atoms with E-state index in [4.69, 9.17) is 4.74 Å². The largest absolute Gasteiger partial charge is 0.444 e. The molecule has 0 heterocycles. The second-order valence-electron chi connectivity index (χ2n) is 7.26. The number of anilines is 1. The molecule has 0 saturated heterocycles. The molecule has 0 aliphatic heterocycles. The molecule has 2 aromatic rings. The number of carbonyl (C=O) groups is 3. The molecule has 154 valence electrons. The van der Waals surface area contributed by atoms with Crippen LogP contribution < -0.4 is 16.0 Å². The van der Waals surface area contributed by atoms with E-state index in [9.17, 15) is 14.4 Å². The quantitative estimate of drug-likeness (QED) is 0.518. The van der Waals surface area contributed by atoms with Gasteiger partial charge in [0.2, 0.25) is 5.91 Å². The topological polar surface area (TPSA) is 96.5 Å². The molecule has 0 aliphatic carbocycles. The van der Waals surface area contributed by atoms with Gasteiger partial charge in [-0.25, -0.2) is 4.79 Å².